The van der Waals surface area contributed by atoms with E-state index >= 15 is 0 Å². The molecule has 0 atom stereocenters. The lowest BCUT2D eigenvalue weighted by Gasteiger charge is -2.14. The Morgan fingerprint density at radius 2 is 1.76 bits per heavy atom. The zero-order valence-corrected chi connectivity index (χ0v) is 18.7. The first-order valence-corrected chi connectivity index (χ1v) is 10.1. The van der Waals surface area contributed by atoms with E-state index in [0.717, 1.165) is 16.1 Å². The van der Waals surface area contributed by atoms with Crippen molar-refractivity contribution < 1.29 is 9.47 Å². The molecular weight excluding hydrogens is 431 g/mol. The average molecular weight is 451 g/mol. The normalized spacial score (nSPS) is 11.4. The van der Waals surface area contributed by atoms with Crippen LogP contribution in [0.1, 0.15) is 10.4 Å². The van der Waals surface area contributed by atoms with Crippen LogP contribution >= 0.6 is 34.7 Å². The molecule has 3 rings (SSSR count). The van der Waals surface area contributed by atoms with E-state index in [0.29, 0.717) is 38.7 Å². The highest BCUT2D eigenvalue weighted by atomic mass is 35.5. The lowest BCUT2D eigenvalue weighted by Crippen LogP contribution is -2.28. The third-order valence-electron chi connectivity index (χ3n) is 4.09. The molecule has 0 aliphatic carbocycles. The molecule has 0 aliphatic rings. The van der Waals surface area contributed by atoms with Gasteiger partial charge in [0.15, 0.2) is 0 Å². The quantitative estimate of drug-likeness (QED) is 0.400. The summed E-state index contributed by atoms with van der Waals surface area (Å²) in [6.07, 6.45) is 0. The average Bonchev–Trinajstić information content (AvgIpc) is 3.02. The van der Waals surface area contributed by atoms with Gasteiger partial charge in [0.2, 0.25) is 5.96 Å². The first-order valence-electron chi connectivity index (χ1n) is 8.60. The van der Waals surface area contributed by atoms with Gasteiger partial charge in [0.05, 0.1) is 19.2 Å². The van der Waals surface area contributed by atoms with Gasteiger partial charge in [-0.1, -0.05) is 40.8 Å². The smallest absolute Gasteiger partial charge is 0.223 e. The van der Waals surface area contributed by atoms with Gasteiger partial charge in [0.1, 0.15) is 22.7 Å². The van der Waals surface area contributed by atoms with Crippen molar-refractivity contribution in [1.82, 2.24) is 3.96 Å². The molecule has 0 unspecified atom stereocenters. The number of methoxy groups -OCH3 is 2. The molecule has 0 amide bonds. The van der Waals surface area contributed by atoms with E-state index in [-0.39, 0.29) is 0 Å². The highest BCUT2D eigenvalue weighted by Crippen LogP contribution is 2.38. The fourth-order valence-corrected chi connectivity index (χ4v) is 3.79. The number of halogens is 2. The molecule has 0 saturated carbocycles. The molecule has 3 aromatic rings. The second-order valence-corrected chi connectivity index (χ2v) is 8.21. The summed E-state index contributed by atoms with van der Waals surface area (Å²) >= 11 is 14.0. The maximum absolute atomic E-state index is 8.28. The Kier molecular flexibility index (Phi) is 6.52. The third kappa shape index (κ3) is 4.75. The number of aromatic nitrogens is 1. The van der Waals surface area contributed by atoms with Crippen LogP contribution in [0.2, 0.25) is 10.0 Å². The molecule has 2 N–H and O–H groups in total. The van der Waals surface area contributed by atoms with E-state index in [1.165, 1.54) is 18.6 Å². The van der Waals surface area contributed by atoms with Crippen LogP contribution in [0.5, 0.6) is 11.5 Å². The topological polar surface area (TPSA) is 71.6 Å². The predicted octanol–water partition coefficient (Wildman–Crippen LogP) is 5.62. The second-order valence-electron chi connectivity index (χ2n) is 6.21. The number of anilines is 1. The zero-order valence-electron chi connectivity index (χ0n) is 16.3. The second kappa shape index (κ2) is 8.90. The summed E-state index contributed by atoms with van der Waals surface area (Å²) in [6.45, 7) is 3.87. The van der Waals surface area contributed by atoms with Gasteiger partial charge in [-0.05, 0) is 43.7 Å². The van der Waals surface area contributed by atoms with E-state index < -0.39 is 0 Å². The number of hydrogen-bond acceptors (Lipinski definition) is 5. The lowest BCUT2D eigenvalue weighted by atomic mass is 10.2. The van der Waals surface area contributed by atoms with Crippen molar-refractivity contribution in [2.75, 3.05) is 19.5 Å². The van der Waals surface area contributed by atoms with Gasteiger partial charge in [-0.15, -0.1) is 0 Å². The minimum Gasteiger partial charge on any atom is -0.495 e. The van der Waals surface area contributed by atoms with Gasteiger partial charge in [-0.3, -0.25) is 5.41 Å². The van der Waals surface area contributed by atoms with Crippen molar-refractivity contribution in [3.05, 3.63) is 62.4 Å². The van der Waals surface area contributed by atoms with Crippen molar-refractivity contribution in [2.45, 2.75) is 13.8 Å². The van der Waals surface area contributed by atoms with Crippen LogP contribution in [0.4, 0.5) is 11.4 Å². The zero-order chi connectivity index (χ0) is 21.1. The number of aliphatic imine (C=N–C) groups is 1. The number of hydrogen-bond donors (Lipinski definition) is 2. The van der Waals surface area contributed by atoms with Gasteiger partial charge >= 0.3 is 0 Å². The predicted molar refractivity (Wildman–Crippen MR) is 120 cm³/mol. The summed E-state index contributed by atoms with van der Waals surface area (Å²) in [4.78, 5) is 5.69. The van der Waals surface area contributed by atoms with Crippen molar-refractivity contribution in [3.63, 3.8) is 0 Å². The minimum atomic E-state index is 0.301. The third-order valence-corrected chi connectivity index (χ3v) is 5.75. The Labute approximate surface area is 183 Å². The van der Waals surface area contributed by atoms with Crippen LogP contribution in [-0.2, 0) is 0 Å². The molecule has 2 aromatic carbocycles. The van der Waals surface area contributed by atoms with Crippen LogP contribution in [0.3, 0.4) is 0 Å². The molecule has 0 saturated heterocycles. The fraction of sp³-hybridized carbons (Fsp3) is 0.200. The van der Waals surface area contributed by atoms with E-state index in [9.17, 15) is 0 Å². The number of rotatable bonds is 4. The molecule has 29 heavy (non-hydrogen) atoms. The molecule has 9 heteroatoms. The van der Waals surface area contributed by atoms with E-state index in [2.05, 4.69) is 5.32 Å². The molecule has 152 valence electrons. The minimum absolute atomic E-state index is 0.301. The van der Waals surface area contributed by atoms with Crippen LogP contribution in [0.15, 0.2) is 41.4 Å². The molecule has 1 heterocycles. The fourth-order valence-electron chi connectivity index (χ4n) is 2.60. The monoisotopic (exact) mass is 450 g/mol. The van der Waals surface area contributed by atoms with Crippen molar-refractivity contribution in [2.24, 2.45) is 4.99 Å². The largest absolute Gasteiger partial charge is 0.495 e. The van der Waals surface area contributed by atoms with E-state index in [1.807, 2.05) is 32.0 Å². The van der Waals surface area contributed by atoms with E-state index in [1.54, 1.807) is 29.3 Å². The first-order chi connectivity index (χ1) is 13.8. The maximum Gasteiger partial charge on any atom is 0.223 e. The van der Waals surface area contributed by atoms with Crippen LogP contribution in [0.25, 0.3) is 0 Å². The highest BCUT2D eigenvalue weighted by molar-refractivity contribution is 7.07. The Bertz CT molecular complexity index is 1140. The number of nitrogens with zero attached hydrogens (tertiary/aromatic N) is 2. The van der Waals surface area contributed by atoms with Crippen LogP contribution in [-0.4, -0.2) is 24.1 Å². The SMILES string of the molecule is COc1cc(OC)c(N=C(Nc2ccc(C)c(Cl)c2)n2sc(C)cc2=N)cc1Cl. The lowest BCUT2D eigenvalue weighted by molar-refractivity contribution is 0.395. The Balaban J connectivity index is 2.15. The number of benzene rings is 2. The summed E-state index contributed by atoms with van der Waals surface area (Å²) in [6, 6.07) is 10.7. The van der Waals surface area contributed by atoms with Gasteiger partial charge < -0.3 is 14.8 Å². The van der Waals surface area contributed by atoms with Crippen LogP contribution in [0, 0.1) is 19.3 Å². The molecule has 0 aliphatic heterocycles. The molecule has 0 radical (unpaired) electrons. The molecule has 6 nitrogen and oxygen atoms in total. The summed E-state index contributed by atoms with van der Waals surface area (Å²) in [5, 5.41) is 12.6. The Morgan fingerprint density at radius 1 is 1.03 bits per heavy atom. The van der Waals surface area contributed by atoms with Gasteiger partial charge in [-0.2, -0.15) is 0 Å². The maximum atomic E-state index is 8.28. The first kappa shape index (κ1) is 21.2. The summed E-state index contributed by atoms with van der Waals surface area (Å²) in [7, 11) is 3.08. The number of ether oxygens (including phenoxy) is 2. The Hall–Kier alpha value is -2.48. The summed E-state index contributed by atoms with van der Waals surface area (Å²) in [5.74, 6) is 1.41. The molecular formula is C20H20Cl2N4O2S. The number of aryl methyl sites for hydroxylation is 2. The summed E-state index contributed by atoms with van der Waals surface area (Å²) < 4.78 is 12.4. The molecule has 0 fully saturated rings. The number of nitrogens with one attached hydrogen (secondary N) is 2. The van der Waals surface area contributed by atoms with Crippen LogP contribution < -0.4 is 20.3 Å². The van der Waals surface area contributed by atoms with Crippen molar-refractivity contribution in [1.29, 1.82) is 5.41 Å². The van der Waals surface area contributed by atoms with Gasteiger partial charge in [0.25, 0.3) is 0 Å². The van der Waals surface area contributed by atoms with E-state index in [4.69, 9.17) is 43.1 Å². The van der Waals surface area contributed by atoms with Gasteiger partial charge in [-0.25, -0.2) is 8.95 Å². The van der Waals surface area contributed by atoms with Gasteiger partial charge in [0, 0.05) is 21.7 Å². The van der Waals surface area contributed by atoms with Crippen molar-refractivity contribution in [3.8, 4) is 11.5 Å². The van der Waals surface area contributed by atoms with Crippen molar-refractivity contribution >= 4 is 52.1 Å². The highest BCUT2D eigenvalue weighted by Gasteiger charge is 2.14. The summed E-state index contributed by atoms with van der Waals surface area (Å²) in [5.41, 5.74) is 2.52. The molecule has 1 aromatic heterocycles. The standard InChI is InChI=1S/C20H20Cl2N4O2S/c1-11-5-6-13(8-14(11)21)24-20(26-19(23)7-12(2)29-26)25-16-9-15(22)17(27-3)10-18(16)28-4/h5-10,23H,1-4H3,(H,24,25). The molecule has 0 bridgehead atoms. The molecule has 0 spiro atoms. The Morgan fingerprint density at radius 3 is 2.34 bits per heavy atom.